The molecule has 0 amide bonds. The summed E-state index contributed by atoms with van der Waals surface area (Å²) in [5, 5.41) is 1.16. The standard InChI is InChI=1S/C5H8O3S/c1-5-4-9(6,7)3-2-8-5/h4H,2-3H2,1H3. The van der Waals surface area contributed by atoms with Crippen LogP contribution in [0.4, 0.5) is 0 Å². The van der Waals surface area contributed by atoms with Crippen molar-refractivity contribution in [3.05, 3.63) is 11.2 Å². The molecule has 0 aromatic rings. The van der Waals surface area contributed by atoms with Gasteiger partial charge >= 0.3 is 0 Å². The molecule has 3 nitrogen and oxygen atoms in total. The minimum Gasteiger partial charge on any atom is -0.496 e. The average Bonchev–Trinajstić information content (AvgIpc) is 1.60. The number of allylic oxidation sites excluding steroid dienone is 1. The van der Waals surface area contributed by atoms with Crippen LogP contribution in [0, 0.1) is 0 Å². The number of ether oxygens (including phenoxy) is 1. The molecule has 9 heavy (non-hydrogen) atoms. The van der Waals surface area contributed by atoms with Crippen molar-refractivity contribution in [3.63, 3.8) is 0 Å². The summed E-state index contributed by atoms with van der Waals surface area (Å²) < 4.78 is 26.3. The summed E-state index contributed by atoms with van der Waals surface area (Å²) in [6.45, 7) is 1.93. The summed E-state index contributed by atoms with van der Waals surface area (Å²) in [7, 11) is -2.92. The van der Waals surface area contributed by atoms with E-state index in [1.165, 1.54) is 0 Å². The van der Waals surface area contributed by atoms with E-state index in [4.69, 9.17) is 4.74 Å². The first-order chi connectivity index (χ1) is 4.10. The van der Waals surface area contributed by atoms with Gasteiger partial charge in [-0.25, -0.2) is 8.42 Å². The van der Waals surface area contributed by atoms with Crippen LogP contribution in [0.25, 0.3) is 0 Å². The largest absolute Gasteiger partial charge is 0.496 e. The van der Waals surface area contributed by atoms with Crippen molar-refractivity contribution in [2.24, 2.45) is 0 Å². The summed E-state index contributed by atoms with van der Waals surface area (Å²) in [5.74, 6) is 0.603. The van der Waals surface area contributed by atoms with E-state index in [9.17, 15) is 8.42 Å². The van der Waals surface area contributed by atoms with E-state index in [1.54, 1.807) is 6.92 Å². The highest BCUT2D eigenvalue weighted by Crippen LogP contribution is 2.07. The van der Waals surface area contributed by atoms with Crippen LogP contribution >= 0.6 is 0 Å². The second-order valence-corrected chi connectivity index (χ2v) is 3.91. The van der Waals surface area contributed by atoms with Crippen LogP contribution in [0.1, 0.15) is 6.92 Å². The molecule has 1 aliphatic rings. The molecule has 0 fully saturated rings. The predicted octanol–water partition coefficient (Wildman–Crippen LogP) is 0.293. The fourth-order valence-corrected chi connectivity index (χ4v) is 1.67. The van der Waals surface area contributed by atoms with Gasteiger partial charge in [0.2, 0.25) is 0 Å². The first kappa shape index (κ1) is 6.61. The van der Waals surface area contributed by atoms with E-state index < -0.39 is 9.84 Å². The van der Waals surface area contributed by atoms with Crippen LogP contribution in [-0.4, -0.2) is 20.8 Å². The number of rotatable bonds is 0. The van der Waals surface area contributed by atoms with Crippen LogP contribution in [0.2, 0.25) is 0 Å². The maximum absolute atomic E-state index is 10.7. The van der Waals surface area contributed by atoms with E-state index >= 15 is 0 Å². The lowest BCUT2D eigenvalue weighted by molar-refractivity contribution is 0.229. The lowest BCUT2D eigenvalue weighted by Gasteiger charge is -2.10. The molecule has 1 heterocycles. The molecule has 0 N–H and O–H groups in total. The molecule has 0 saturated carbocycles. The Hall–Kier alpha value is -0.510. The van der Waals surface area contributed by atoms with E-state index in [0.29, 0.717) is 12.4 Å². The lowest BCUT2D eigenvalue weighted by Crippen LogP contribution is -2.14. The van der Waals surface area contributed by atoms with Gasteiger partial charge in [-0.3, -0.25) is 0 Å². The van der Waals surface area contributed by atoms with Crippen LogP contribution in [0.15, 0.2) is 11.2 Å². The zero-order valence-corrected chi connectivity index (χ0v) is 5.94. The minimum atomic E-state index is -2.92. The molecule has 0 aliphatic carbocycles. The molecule has 52 valence electrons. The molecule has 0 unspecified atom stereocenters. The van der Waals surface area contributed by atoms with Gasteiger partial charge in [-0.05, 0) is 6.92 Å². The van der Waals surface area contributed by atoms with Gasteiger partial charge in [0.15, 0.2) is 9.84 Å². The number of hydrogen-bond donors (Lipinski definition) is 0. The monoisotopic (exact) mass is 148 g/mol. The summed E-state index contributed by atoms with van der Waals surface area (Å²) in [6, 6.07) is 0. The van der Waals surface area contributed by atoms with Gasteiger partial charge in [-0.1, -0.05) is 0 Å². The molecule has 0 bridgehead atoms. The quantitative estimate of drug-likeness (QED) is 0.496. The van der Waals surface area contributed by atoms with Gasteiger partial charge in [-0.15, -0.1) is 0 Å². The van der Waals surface area contributed by atoms with Gasteiger partial charge < -0.3 is 4.74 Å². The van der Waals surface area contributed by atoms with Crippen molar-refractivity contribution >= 4 is 9.84 Å². The fraction of sp³-hybridized carbons (Fsp3) is 0.600. The molecule has 1 rings (SSSR count). The maximum atomic E-state index is 10.7. The molecule has 0 radical (unpaired) electrons. The second kappa shape index (κ2) is 2.02. The van der Waals surface area contributed by atoms with Crippen LogP contribution in [0.5, 0.6) is 0 Å². The van der Waals surface area contributed by atoms with Crippen molar-refractivity contribution in [1.29, 1.82) is 0 Å². The Kier molecular flexibility index (Phi) is 1.48. The highest BCUT2D eigenvalue weighted by molar-refractivity contribution is 7.94. The summed E-state index contributed by atoms with van der Waals surface area (Å²) in [5.41, 5.74) is 0. The normalized spacial score (nSPS) is 24.3. The topological polar surface area (TPSA) is 43.4 Å². The molecular formula is C5H8O3S. The summed E-state index contributed by atoms with van der Waals surface area (Å²) >= 11 is 0. The molecule has 0 aromatic carbocycles. The van der Waals surface area contributed by atoms with Crippen molar-refractivity contribution in [1.82, 2.24) is 0 Å². The van der Waals surface area contributed by atoms with Gasteiger partial charge in [-0.2, -0.15) is 0 Å². The van der Waals surface area contributed by atoms with E-state index in [-0.39, 0.29) is 5.75 Å². The van der Waals surface area contributed by atoms with Crippen LogP contribution < -0.4 is 0 Å². The zero-order chi connectivity index (χ0) is 6.91. The summed E-state index contributed by atoms with van der Waals surface area (Å²) in [4.78, 5) is 0. The van der Waals surface area contributed by atoms with Crippen molar-refractivity contribution in [2.75, 3.05) is 12.4 Å². The molecule has 0 aromatic heterocycles. The Labute approximate surface area is 54.2 Å². The van der Waals surface area contributed by atoms with Crippen LogP contribution in [0.3, 0.4) is 0 Å². The third-order valence-corrected chi connectivity index (χ3v) is 2.47. The Morgan fingerprint density at radius 1 is 1.67 bits per heavy atom. The van der Waals surface area contributed by atoms with Crippen molar-refractivity contribution < 1.29 is 13.2 Å². The first-order valence-corrected chi connectivity index (χ1v) is 4.35. The molecule has 0 atom stereocenters. The number of hydrogen-bond acceptors (Lipinski definition) is 3. The zero-order valence-electron chi connectivity index (χ0n) is 5.12. The van der Waals surface area contributed by atoms with Gasteiger partial charge in [0, 0.05) is 0 Å². The SMILES string of the molecule is CC1=CS(=O)(=O)CCO1. The Morgan fingerprint density at radius 2 is 2.33 bits per heavy atom. The third kappa shape index (κ3) is 1.71. The minimum absolute atomic E-state index is 0.115. The van der Waals surface area contributed by atoms with Crippen molar-refractivity contribution in [3.8, 4) is 0 Å². The maximum Gasteiger partial charge on any atom is 0.178 e. The molecule has 0 saturated heterocycles. The molecule has 4 heteroatoms. The molecule has 0 spiro atoms. The van der Waals surface area contributed by atoms with Crippen LogP contribution in [-0.2, 0) is 14.6 Å². The Balaban J connectivity index is 2.95. The number of sulfone groups is 1. The highest BCUT2D eigenvalue weighted by atomic mass is 32.2. The molecule has 1 aliphatic heterocycles. The Bertz CT molecular complexity index is 225. The van der Waals surface area contributed by atoms with E-state index in [1.807, 2.05) is 0 Å². The predicted molar refractivity (Wildman–Crippen MR) is 33.5 cm³/mol. The third-order valence-electron chi connectivity index (χ3n) is 1.04. The summed E-state index contributed by atoms with van der Waals surface area (Å²) in [6.07, 6.45) is 0. The average molecular weight is 148 g/mol. The second-order valence-electron chi connectivity index (χ2n) is 1.94. The smallest absolute Gasteiger partial charge is 0.178 e. The van der Waals surface area contributed by atoms with Gasteiger partial charge in [0.05, 0.1) is 11.2 Å². The molecular weight excluding hydrogens is 140 g/mol. The fourth-order valence-electron chi connectivity index (χ4n) is 0.665. The Morgan fingerprint density at radius 3 is 2.67 bits per heavy atom. The lowest BCUT2D eigenvalue weighted by atomic mass is 10.6. The van der Waals surface area contributed by atoms with E-state index in [0.717, 1.165) is 5.41 Å². The van der Waals surface area contributed by atoms with Crippen molar-refractivity contribution in [2.45, 2.75) is 6.92 Å². The van der Waals surface area contributed by atoms with E-state index in [2.05, 4.69) is 0 Å². The highest BCUT2D eigenvalue weighted by Gasteiger charge is 2.13. The van der Waals surface area contributed by atoms with Gasteiger partial charge in [0.25, 0.3) is 0 Å². The van der Waals surface area contributed by atoms with Gasteiger partial charge in [0.1, 0.15) is 12.4 Å². The first-order valence-electron chi connectivity index (χ1n) is 2.64.